The van der Waals surface area contributed by atoms with Crippen LogP contribution >= 0.6 is 11.3 Å². The van der Waals surface area contributed by atoms with Crippen molar-refractivity contribution in [3.8, 4) is 17.1 Å². The smallest absolute Gasteiger partial charge is 0.260 e. The van der Waals surface area contributed by atoms with E-state index in [2.05, 4.69) is 9.97 Å². The molecule has 0 aliphatic carbocycles. The van der Waals surface area contributed by atoms with Gasteiger partial charge in [0.25, 0.3) is 5.56 Å². The zero-order valence-electron chi connectivity index (χ0n) is 11.2. The molecule has 2 N–H and O–H groups in total. The number of hydrogen-bond donors (Lipinski definition) is 2. The number of phenolic OH excluding ortho intramolecular Hbond substituents is 1. The van der Waals surface area contributed by atoms with Crippen LogP contribution in [0.25, 0.3) is 21.6 Å². The van der Waals surface area contributed by atoms with Crippen LogP contribution in [0.3, 0.4) is 0 Å². The minimum Gasteiger partial charge on any atom is -0.508 e. The van der Waals surface area contributed by atoms with Gasteiger partial charge in [-0.1, -0.05) is 6.92 Å². The van der Waals surface area contributed by atoms with Crippen molar-refractivity contribution < 1.29 is 5.11 Å². The van der Waals surface area contributed by atoms with E-state index in [1.165, 1.54) is 0 Å². The number of H-pyrrole nitrogens is 1. The van der Waals surface area contributed by atoms with Crippen LogP contribution in [0.5, 0.6) is 5.75 Å². The number of aryl methyl sites for hydroxylation is 2. The predicted molar refractivity (Wildman–Crippen MR) is 81.5 cm³/mol. The Kier molecular flexibility index (Phi) is 3.06. The lowest BCUT2D eigenvalue weighted by Crippen LogP contribution is -2.09. The summed E-state index contributed by atoms with van der Waals surface area (Å²) in [6, 6.07) is 6.63. The van der Waals surface area contributed by atoms with Crippen molar-refractivity contribution >= 4 is 21.6 Å². The Morgan fingerprint density at radius 3 is 2.65 bits per heavy atom. The topological polar surface area (TPSA) is 66.0 Å². The fourth-order valence-corrected chi connectivity index (χ4v) is 3.47. The molecule has 3 rings (SSSR count). The fraction of sp³-hybridized carbons (Fsp3) is 0.200. The molecule has 0 aliphatic rings. The number of rotatable bonds is 2. The van der Waals surface area contributed by atoms with Crippen molar-refractivity contribution in [3.63, 3.8) is 0 Å². The fourth-order valence-electron chi connectivity index (χ4n) is 2.36. The Labute approximate surface area is 119 Å². The SMILES string of the molecule is CCc1c(C)sc2nc(-c3ccc(O)cc3)[nH]c(=O)c12. The van der Waals surface area contributed by atoms with Gasteiger partial charge in [-0.05, 0) is 43.2 Å². The van der Waals surface area contributed by atoms with Gasteiger partial charge in [0.2, 0.25) is 0 Å². The van der Waals surface area contributed by atoms with Crippen molar-refractivity contribution in [2.45, 2.75) is 20.3 Å². The van der Waals surface area contributed by atoms with E-state index in [-0.39, 0.29) is 11.3 Å². The summed E-state index contributed by atoms with van der Waals surface area (Å²) < 4.78 is 0. The van der Waals surface area contributed by atoms with Crippen molar-refractivity contribution in [1.82, 2.24) is 9.97 Å². The van der Waals surface area contributed by atoms with Crippen LogP contribution in [0, 0.1) is 6.92 Å². The molecule has 2 heterocycles. The summed E-state index contributed by atoms with van der Waals surface area (Å²) in [5, 5.41) is 10.0. The molecule has 0 saturated carbocycles. The van der Waals surface area contributed by atoms with Gasteiger partial charge in [-0.15, -0.1) is 11.3 Å². The van der Waals surface area contributed by atoms with Crippen LogP contribution in [-0.4, -0.2) is 15.1 Å². The molecule has 20 heavy (non-hydrogen) atoms. The lowest BCUT2D eigenvalue weighted by atomic mass is 10.1. The Morgan fingerprint density at radius 2 is 2.00 bits per heavy atom. The number of fused-ring (bicyclic) bond motifs is 1. The maximum Gasteiger partial charge on any atom is 0.260 e. The van der Waals surface area contributed by atoms with Crippen LogP contribution in [0.4, 0.5) is 0 Å². The van der Waals surface area contributed by atoms with Crippen molar-refractivity contribution in [2.75, 3.05) is 0 Å². The van der Waals surface area contributed by atoms with Gasteiger partial charge < -0.3 is 10.1 Å². The molecule has 0 saturated heterocycles. The molecule has 0 bridgehead atoms. The van der Waals surface area contributed by atoms with Gasteiger partial charge in [-0.2, -0.15) is 0 Å². The molecule has 0 aliphatic heterocycles. The third kappa shape index (κ3) is 2.00. The maximum absolute atomic E-state index is 12.3. The molecular weight excluding hydrogens is 272 g/mol. The molecule has 0 unspecified atom stereocenters. The number of thiophene rings is 1. The van der Waals surface area contributed by atoms with Gasteiger partial charge in [0, 0.05) is 10.4 Å². The average molecular weight is 286 g/mol. The van der Waals surface area contributed by atoms with Crippen LogP contribution in [-0.2, 0) is 6.42 Å². The van der Waals surface area contributed by atoms with Gasteiger partial charge in [0.1, 0.15) is 16.4 Å². The number of phenols is 1. The van der Waals surface area contributed by atoms with Gasteiger partial charge in [-0.25, -0.2) is 4.98 Å². The van der Waals surface area contributed by atoms with Crippen LogP contribution in [0.2, 0.25) is 0 Å². The van der Waals surface area contributed by atoms with Gasteiger partial charge >= 0.3 is 0 Å². The van der Waals surface area contributed by atoms with Crippen molar-refractivity contribution in [1.29, 1.82) is 0 Å². The first-order valence-electron chi connectivity index (χ1n) is 6.42. The number of benzene rings is 1. The molecule has 0 fully saturated rings. The highest BCUT2D eigenvalue weighted by Gasteiger charge is 2.14. The summed E-state index contributed by atoms with van der Waals surface area (Å²) in [6.07, 6.45) is 0.829. The lowest BCUT2D eigenvalue weighted by Gasteiger charge is -2.02. The van der Waals surface area contributed by atoms with Crippen molar-refractivity contribution in [2.24, 2.45) is 0 Å². The summed E-state index contributed by atoms with van der Waals surface area (Å²) in [5.41, 5.74) is 1.76. The summed E-state index contributed by atoms with van der Waals surface area (Å²) in [6.45, 7) is 4.06. The van der Waals surface area contributed by atoms with E-state index in [1.807, 2.05) is 13.8 Å². The quantitative estimate of drug-likeness (QED) is 0.760. The minimum absolute atomic E-state index is 0.0979. The van der Waals surface area contributed by atoms with Crippen LogP contribution < -0.4 is 5.56 Å². The van der Waals surface area contributed by atoms with E-state index in [0.29, 0.717) is 11.2 Å². The molecule has 0 atom stereocenters. The molecule has 3 aromatic rings. The Hall–Kier alpha value is -2.14. The molecule has 1 aromatic carbocycles. The first kappa shape index (κ1) is 12.9. The Balaban J connectivity index is 2.25. The molecule has 0 spiro atoms. The second kappa shape index (κ2) is 4.76. The van der Waals surface area contributed by atoms with Gasteiger partial charge in [0.15, 0.2) is 0 Å². The molecule has 2 aromatic heterocycles. The summed E-state index contributed by atoms with van der Waals surface area (Å²) in [5.74, 6) is 0.726. The summed E-state index contributed by atoms with van der Waals surface area (Å²) in [4.78, 5) is 21.6. The zero-order chi connectivity index (χ0) is 14.3. The third-order valence-electron chi connectivity index (χ3n) is 3.36. The number of aromatic amines is 1. The Morgan fingerprint density at radius 1 is 1.30 bits per heavy atom. The highest BCUT2D eigenvalue weighted by atomic mass is 32.1. The van der Waals surface area contributed by atoms with Crippen molar-refractivity contribution in [3.05, 3.63) is 45.1 Å². The largest absolute Gasteiger partial charge is 0.508 e. The predicted octanol–water partition coefficient (Wildman–Crippen LogP) is 3.23. The molecular formula is C15H14N2O2S. The molecule has 0 amide bonds. The highest BCUT2D eigenvalue weighted by Crippen LogP contribution is 2.28. The summed E-state index contributed by atoms with van der Waals surface area (Å²) in [7, 11) is 0. The van der Waals surface area contributed by atoms with Crippen LogP contribution in [0.1, 0.15) is 17.4 Å². The van der Waals surface area contributed by atoms with Gasteiger partial charge in [0.05, 0.1) is 5.39 Å². The van der Waals surface area contributed by atoms with E-state index in [4.69, 9.17) is 0 Å². The number of nitrogens with zero attached hydrogens (tertiary/aromatic N) is 1. The molecule has 5 heteroatoms. The summed E-state index contributed by atoms with van der Waals surface area (Å²) >= 11 is 1.55. The molecule has 102 valence electrons. The second-order valence-electron chi connectivity index (χ2n) is 4.63. The van der Waals surface area contributed by atoms with E-state index in [0.717, 1.165) is 27.3 Å². The lowest BCUT2D eigenvalue weighted by molar-refractivity contribution is 0.475. The van der Waals surface area contributed by atoms with E-state index in [1.54, 1.807) is 35.6 Å². The number of aromatic nitrogens is 2. The first-order chi connectivity index (χ1) is 9.60. The Bertz CT molecular complexity index is 831. The highest BCUT2D eigenvalue weighted by molar-refractivity contribution is 7.18. The maximum atomic E-state index is 12.3. The zero-order valence-corrected chi connectivity index (χ0v) is 12.0. The monoisotopic (exact) mass is 286 g/mol. The number of nitrogens with one attached hydrogen (secondary N) is 1. The number of hydrogen-bond acceptors (Lipinski definition) is 4. The standard InChI is InChI=1S/C15H14N2O2S/c1-3-11-8(2)20-15-12(11)14(19)16-13(17-15)9-4-6-10(18)7-5-9/h4-7,18H,3H2,1-2H3,(H,16,17,19). The molecule has 4 nitrogen and oxygen atoms in total. The molecule has 0 radical (unpaired) electrons. The van der Waals surface area contributed by atoms with Crippen LogP contribution in [0.15, 0.2) is 29.1 Å². The first-order valence-corrected chi connectivity index (χ1v) is 7.23. The number of aromatic hydroxyl groups is 1. The average Bonchev–Trinajstić information content (AvgIpc) is 2.75. The normalized spacial score (nSPS) is 11.1. The van der Waals surface area contributed by atoms with E-state index < -0.39 is 0 Å². The second-order valence-corrected chi connectivity index (χ2v) is 5.84. The van der Waals surface area contributed by atoms with E-state index >= 15 is 0 Å². The van der Waals surface area contributed by atoms with E-state index in [9.17, 15) is 9.90 Å². The third-order valence-corrected chi connectivity index (χ3v) is 4.40. The van der Waals surface area contributed by atoms with Gasteiger partial charge in [-0.3, -0.25) is 4.79 Å². The minimum atomic E-state index is -0.0979.